The number of nitriles is 1. The standard InChI is InChI=1S/C16H16FN5O2/c1-9(2)15-20-14(13(23)10(8-18)16(24)19-3)21-22(15)12-7-5-4-6-11(12)17/h4-7,9-10H,1-3H3,(H,19,24)/t10-/m1/s1. The predicted molar refractivity (Wildman–Crippen MR) is 82.9 cm³/mol. The first-order valence-corrected chi connectivity index (χ1v) is 7.28. The van der Waals surface area contributed by atoms with E-state index in [-0.39, 0.29) is 17.4 Å². The molecule has 1 aromatic carbocycles. The van der Waals surface area contributed by atoms with E-state index >= 15 is 0 Å². The molecule has 8 heteroatoms. The van der Waals surface area contributed by atoms with E-state index in [1.165, 1.54) is 29.9 Å². The Balaban J connectivity index is 2.54. The molecule has 2 rings (SSSR count). The summed E-state index contributed by atoms with van der Waals surface area (Å²) >= 11 is 0. The number of halogens is 1. The number of ketones is 1. The second-order valence-electron chi connectivity index (χ2n) is 5.35. The zero-order chi connectivity index (χ0) is 17.9. The smallest absolute Gasteiger partial charge is 0.245 e. The van der Waals surface area contributed by atoms with Gasteiger partial charge in [0.25, 0.3) is 0 Å². The molecule has 1 N–H and O–H groups in total. The zero-order valence-electron chi connectivity index (χ0n) is 13.4. The van der Waals surface area contributed by atoms with Crippen LogP contribution < -0.4 is 5.32 Å². The third kappa shape index (κ3) is 3.15. The Morgan fingerprint density at radius 3 is 2.54 bits per heavy atom. The van der Waals surface area contributed by atoms with E-state index in [1.54, 1.807) is 12.1 Å². The summed E-state index contributed by atoms with van der Waals surface area (Å²) in [6, 6.07) is 7.58. The van der Waals surface area contributed by atoms with Gasteiger partial charge in [0.15, 0.2) is 5.92 Å². The highest BCUT2D eigenvalue weighted by atomic mass is 19.1. The molecule has 0 aliphatic rings. The number of para-hydroxylation sites is 1. The normalized spacial score (nSPS) is 11.8. The van der Waals surface area contributed by atoms with Gasteiger partial charge in [0.05, 0.1) is 6.07 Å². The largest absolute Gasteiger partial charge is 0.358 e. The minimum Gasteiger partial charge on any atom is -0.358 e. The maximum Gasteiger partial charge on any atom is 0.245 e. The van der Waals surface area contributed by atoms with Crippen molar-refractivity contribution in [2.45, 2.75) is 19.8 Å². The van der Waals surface area contributed by atoms with Crippen LogP contribution in [-0.2, 0) is 4.79 Å². The second-order valence-corrected chi connectivity index (χ2v) is 5.35. The van der Waals surface area contributed by atoms with Crippen LogP contribution in [0.15, 0.2) is 24.3 Å². The summed E-state index contributed by atoms with van der Waals surface area (Å²) in [5.41, 5.74) is 0.140. The third-order valence-electron chi connectivity index (χ3n) is 3.35. The van der Waals surface area contributed by atoms with Crippen molar-refractivity contribution in [1.29, 1.82) is 5.26 Å². The average Bonchev–Trinajstić information content (AvgIpc) is 3.01. The van der Waals surface area contributed by atoms with Crippen LogP contribution in [0.5, 0.6) is 0 Å². The Kier molecular flexibility index (Phi) is 5.04. The first kappa shape index (κ1) is 17.3. The molecule has 0 radical (unpaired) electrons. The van der Waals surface area contributed by atoms with Gasteiger partial charge in [-0.1, -0.05) is 26.0 Å². The van der Waals surface area contributed by atoms with Crippen LogP contribution in [-0.4, -0.2) is 33.5 Å². The summed E-state index contributed by atoms with van der Waals surface area (Å²) in [6.45, 7) is 3.63. The lowest BCUT2D eigenvalue weighted by Gasteiger charge is -2.08. The minimum absolute atomic E-state index is 0.140. The number of nitrogens with zero attached hydrogens (tertiary/aromatic N) is 4. The van der Waals surface area contributed by atoms with Crippen LogP contribution in [0, 0.1) is 23.1 Å². The number of carbonyl (C=O) groups is 2. The minimum atomic E-state index is -1.55. The number of nitrogens with one attached hydrogen (secondary N) is 1. The van der Waals surface area contributed by atoms with E-state index in [0.717, 1.165) is 0 Å². The summed E-state index contributed by atoms with van der Waals surface area (Å²) < 4.78 is 15.3. The van der Waals surface area contributed by atoms with Crippen molar-refractivity contribution in [3.05, 3.63) is 41.7 Å². The molecule has 0 aliphatic heterocycles. The number of carbonyl (C=O) groups excluding carboxylic acids is 2. The van der Waals surface area contributed by atoms with Gasteiger partial charge in [-0.15, -0.1) is 5.10 Å². The van der Waals surface area contributed by atoms with Crippen LogP contribution in [0.25, 0.3) is 5.69 Å². The number of benzene rings is 1. The van der Waals surface area contributed by atoms with Crippen molar-refractivity contribution in [2.75, 3.05) is 7.05 Å². The zero-order valence-corrected chi connectivity index (χ0v) is 13.4. The molecule has 7 nitrogen and oxygen atoms in total. The lowest BCUT2D eigenvalue weighted by atomic mass is 10.0. The molecule has 1 atom stereocenters. The van der Waals surface area contributed by atoms with E-state index < -0.39 is 23.4 Å². The number of rotatable bonds is 5. The summed E-state index contributed by atoms with van der Waals surface area (Å²) in [5.74, 6) is -3.73. The van der Waals surface area contributed by atoms with Crippen molar-refractivity contribution in [2.24, 2.45) is 5.92 Å². The van der Waals surface area contributed by atoms with E-state index in [0.29, 0.717) is 5.82 Å². The molecule has 1 aromatic heterocycles. The van der Waals surface area contributed by atoms with E-state index in [1.807, 2.05) is 13.8 Å². The summed E-state index contributed by atoms with van der Waals surface area (Å²) in [7, 11) is 1.32. The second kappa shape index (κ2) is 7.00. The van der Waals surface area contributed by atoms with Crippen molar-refractivity contribution >= 4 is 11.7 Å². The number of amides is 1. The Morgan fingerprint density at radius 1 is 1.33 bits per heavy atom. The Bertz CT molecular complexity index is 822. The third-order valence-corrected chi connectivity index (χ3v) is 3.35. The van der Waals surface area contributed by atoms with E-state index in [4.69, 9.17) is 5.26 Å². The van der Waals surface area contributed by atoms with Gasteiger partial charge < -0.3 is 5.32 Å². The molecule has 0 unspecified atom stereocenters. The highest BCUT2D eigenvalue weighted by molar-refractivity contribution is 6.10. The van der Waals surface area contributed by atoms with Gasteiger partial charge >= 0.3 is 0 Å². The van der Waals surface area contributed by atoms with Crippen molar-refractivity contribution in [3.63, 3.8) is 0 Å². The lowest BCUT2D eigenvalue weighted by Crippen LogP contribution is -2.32. The van der Waals surface area contributed by atoms with Crippen molar-refractivity contribution < 1.29 is 14.0 Å². The number of Topliss-reactive ketones (excluding diaryl/α,β-unsaturated/α-hetero) is 1. The molecule has 0 saturated heterocycles. The molecular formula is C16H16FN5O2. The van der Waals surface area contributed by atoms with Crippen LogP contribution in [0.2, 0.25) is 0 Å². The molecular weight excluding hydrogens is 313 g/mol. The molecule has 1 heterocycles. The quantitative estimate of drug-likeness (QED) is 0.663. The first-order chi connectivity index (χ1) is 11.4. The highest BCUT2D eigenvalue weighted by Gasteiger charge is 2.31. The van der Waals surface area contributed by atoms with Gasteiger partial charge in [-0.25, -0.2) is 14.1 Å². The fraction of sp³-hybridized carbons (Fsp3) is 0.312. The van der Waals surface area contributed by atoms with Gasteiger partial charge in [-0.05, 0) is 12.1 Å². The van der Waals surface area contributed by atoms with Crippen LogP contribution >= 0.6 is 0 Å². The highest BCUT2D eigenvalue weighted by Crippen LogP contribution is 2.20. The van der Waals surface area contributed by atoms with Crippen LogP contribution in [0.3, 0.4) is 0 Å². The summed E-state index contributed by atoms with van der Waals surface area (Å²) in [6.07, 6.45) is 0. The molecule has 0 saturated carbocycles. The van der Waals surface area contributed by atoms with E-state index in [9.17, 15) is 14.0 Å². The van der Waals surface area contributed by atoms with Gasteiger partial charge in [0.1, 0.15) is 17.3 Å². The van der Waals surface area contributed by atoms with Crippen molar-refractivity contribution in [1.82, 2.24) is 20.1 Å². The van der Waals surface area contributed by atoms with Gasteiger partial charge in [0, 0.05) is 13.0 Å². The fourth-order valence-corrected chi connectivity index (χ4v) is 2.11. The Hall–Kier alpha value is -3.08. The predicted octanol–water partition coefficient (Wildman–Crippen LogP) is 1.60. The number of hydrogen-bond donors (Lipinski definition) is 1. The topological polar surface area (TPSA) is 101 Å². The lowest BCUT2D eigenvalue weighted by molar-refractivity contribution is -0.121. The molecule has 1 amide bonds. The maximum absolute atomic E-state index is 14.0. The van der Waals surface area contributed by atoms with Crippen molar-refractivity contribution in [3.8, 4) is 11.8 Å². The molecule has 0 spiro atoms. The average molecular weight is 329 g/mol. The molecule has 0 fully saturated rings. The Labute approximate surface area is 138 Å². The Morgan fingerprint density at radius 2 is 2.00 bits per heavy atom. The van der Waals surface area contributed by atoms with Gasteiger partial charge in [-0.3, -0.25) is 9.59 Å². The summed E-state index contributed by atoms with van der Waals surface area (Å²) in [4.78, 5) is 28.1. The first-order valence-electron chi connectivity index (χ1n) is 7.28. The molecule has 0 bridgehead atoms. The van der Waals surface area contributed by atoms with Gasteiger partial charge in [-0.2, -0.15) is 5.26 Å². The SMILES string of the molecule is CNC(=O)[C@H](C#N)C(=O)c1nc(C(C)C)n(-c2ccccc2F)n1. The number of hydrogen-bond acceptors (Lipinski definition) is 5. The maximum atomic E-state index is 14.0. The fourth-order valence-electron chi connectivity index (χ4n) is 2.11. The van der Waals surface area contributed by atoms with Crippen LogP contribution in [0.1, 0.15) is 36.2 Å². The molecule has 0 aliphatic carbocycles. The molecule has 124 valence electrons. The molecule has 24 heavy (non-hydrogen) atoms. The van der Waals surface area contributed by atoms with E-state index in [2.05, 4.69) is 15.4 Å². The van der Waals surface area contributed by atoms with Gasteiger partial charge in [0.2, 0.25) is 17.5 Å². The summed E-state index contributed by atoms with van der Waals surface area (Å²) in [5, 5.41) is 15.3. The molecule has 2 aromatic rings. The van der Waals surface area contributed by atoms with Crippen LogP contribution in [0.4, 0.5) is 4.39 Å². The number of aromatic nitrogens is 3. The monoisotopic (exact) mass is 329 g/mol.